The molecule has 0 fully saturated rings. The molecule has 2 aromatic carbocycles. The Kier molecular flexibility index (Phi) is 3.34. The fourth-order valence-electron chi connectivity index (χ4n) is 2.24. The van der Waals surface area contributed by atoms with Crippen LogP contribution >= 0.6 is 0 Å². The summed E-state index contributed by atoms with van der Waals surface area (Å²) in [6.07, 6.45) is 1.88. The molecule has 98 valence electrons. The van der Waals surface area contributed by atoms with Gasteiger partial charge < -0.3 is 0 Å². The van der Waals surface area contributed by atoms with Crippen LogP contribution in [0.15, 0.2) is 66.9 Å². The fraction of sp³-hybridized carbons (Fsp3) is 0.105. The van der Waals surface area contributed by atoms with E-state index in [0.29, 0.717) is 0 Å². The van der Waals surface area contributed by atoms with Gasteiger partial charge in [0.15, 0.2) is 0 Å². The standard InChI is InChI=1S/C19H17N/c1-14-3-7-16(8-4-14)18-11-12-20-19(13-18)17-9-5-15(2)6-10-17/h3-13H,1-2H3. The van der Waals surface area contributed by atoms with Crippen molar-refractivity contribution in [1.29, 1.82) is 0 Å². The van der Waals surface area contributed by atoms with Gasteiger partial charge in [-0.15, -0.1) is 0 Å². The third-order valence-electron chi connectivity index (χ3n) is 3.49. The van der Waals surface area contributed by atoms with Crippen molar-refractivity contribution in [3.63, 3.8) is 0 Å². The lowest BCUT2D eigenvalue weighted by molar-refractivity contribution is 1.32. The monoisotopic (exact) mass is 259 g/mol. The van der Waals surface area contributed by atoms with Crippen LogP contribution in [-0.4, -0.2) is 4.98 Å². The van der Waals surface area contributed by atoms with Crippen molar-refractivity contribution < 1.29 is 0 Å². The normalized spacial score (nSPS) is 10.5. The van der Waals surface area contributed by atoms with E-state index in [2.05, 4.69) is 79.5 Å². The van der Waals surface area contributed by atoms with E-state index in [1.807, 2.05) is 6.20 Å². The van der Waals surface area contributed by atoms with Crippen molar-refractivity contribution in [2.24, 2.45) is 0 Å². The molecule has 0 radical (unpaired) electrons. The smallest absolute Gasteiger partial charge is 0.0708 e. The number of aromatic nitrogens is 1. The summed E-state index contributed by atoms with van der Waals surface area (Å²) in [7, 11) is 0. The van der Waals surface area contributed by atoms with E-state index in [1.54, 1.807) is 0 Å². The highest BCUT2D eigenvalue weighted by atomic mass is 14.7. The van der Waals surface area contributed by atoms with Crippen LogP contribution in [0.2, 0.25) is 0 Å². The summed E-state index contributed by atoms with van der Waals surface area (Å²) in [5.74, 6) is 0. The van der Waals surface area contributed by atoms with E-state index >= 15 is 0 Å². The Morgan fingerprint density at radius 1 is 0.600 bits per heavy atom. The molecule has 1 heterocycles. The number of nitrogens with zero attached hydrogens (tertiary/aromatic N) is 1. The van der Waals surface area contributed by atoms with Crippen LogP contribution in [0.1, 0.15) is 11.1 Å². The number of hydrogen-bond donors (Lipinski definition) is 0. The van der Waals surface area contributed by atoms with Crippen molar-refractivity contribution in [3.05, 3.63) is 78.0 Å². The zero-order valence-electron chi connectivity index (χ0n) is 11.8. The second-order valence-electron chi connectivity index (χ2n) is 5.16. The third-order valence-corrected chi connectivity index (χ3v) is 3.49. The molecule has 3 aromatic rings. The number of rotatable bonds is 2. The molecule has 0 spiro atoms. The van der Waals surface area contributed by atoms with Gasteiger partial charge in [-0.25, -0.2) is 0 Å². The summed E-state index contributed by atoms with van der Waals surface area (Å²) in [6.45, 7) is 4.20. The van der Waals surface area contributed by atoms with E-state index in [4.69, 9.17) is 0 Å². The summed E-state index contributed by atoms with van der Waals surface area (Å²) >= 11 is 0. The van der Waals surface area contributed by atoms with Gasteiger partial charge in [-0.1, -0.05) is 59.7 Å². The Labute approximate surface area is 119 Å². The quantitative estimate of drug-likeness (QED) is 0.628. The first-order valence-electron chi connectivity index (χ1n) is 6.82. The van der Waals surface area contributed by atoms with Crippen molar-refractivity contribution in [3.8, 4) is 22.4 Å². The first-order valence-corrected chi connectivity index (χ1v) is 6.82. The molecule has 1 nitrogen and oxygen atoms in total. The molecule has 0 atom stereocenters. The summed E-state index contributed by atoms with van der Waals surface area (Å²) in [4.78, 5) is 4.48. The minimum Gasteiger partial charge on any atom is -0.256 e. The second-order valence-corrected chi connectivity index (χ2v) is 5.16. The molecule has 1 aromatic heterocycles. The molecule has 20 heavy (non-hydrogen) atoms. The lowest BCUT2D eigenvalue weighted by Crippen LogP contribution is -1.86. The topological polar surface area (TPSA) is 12.9 Å². The first kappa shape index (κ1) is 12.6. The van der Waals surface area contributed by atoms with E-state index in [9.17, 15) is 0 Å². The van der Waals surface area contributed by atoms with Gasteiger partial charge in [-0.2, -0.15) is 0 Å². The summed E-state index contributed by atoms with van der Waals surface area (Å²) in [5, 5.41) is 0. The van der Waals surface area contributed by atoms with Crippen LogP contribution in [0, 0.1) is 13.8 Å². The van der Waals surface area contributed by atoms with Crippen LogP contribution in [0.3, 0.4) is 0 Å². The van der Waals surface area contributed by atoms with Crippen molar-refractivity contribution in [1.82, 2.24) is 4.98 Å². The highest BCUT2D eigenvalue weighted by molar-refractivity contribution is 5.70. The van der Waals surface area contributed by atoms with E-state index < -0.39 is 0 Å². The number of aryl methyl sites for hydroxylation is 2. The van der Waals surface area contributed by atoms with Gasteiger partial charge in [-0.05, 0) is 37.1 Å². The predicted octanol–water partition coefficient (Wildman–Crippen LogP) is 5.03. The van der Waals surface area contributed by atoms with Gasteiger partial charge >= 0.3 is 0 Å². The Hall–Kier alpha value is -2.41. The maximum Gasteiger partial charge on any atom is 0.0708 e. The molecule has 0 N–H and O–H groups in total. The summed E-state index contributed by atoms with van der Waals surface area (Å²) < 4.78 is 0. The molecule has 0 saturated heterocycles. The van der Waals surface area contributed by atoms with Crippen molar-refractivity contribution >= 4 is 0 Å². The molecule has 1 heteroatoms. The van der Waals surface area contributed by atoms with Crippen LogP contribution in [-0.2, 0) is 0 Å². The van der Waals surface area contributed by atoms with Crippen LogP contribution in [0.5, 0.6) is 0 Å². The maximum atomic E-state index is 4.48. The van der Waals surface area contributed by atoms with Gasteiger partial charge in [0.05, 0.1) is 5.69 Å². The number of benzene rings is 2. The molecule has 0 amide bonds. The highest BCUT2D eigenvalue weighted by Crippen LogP contribution is 2.24. The Morgan fingerprint density at radius 2 is 1.15 bits per heavy atom. The van der Waals surface area contributed by atoms with Crippen LogP contribution in [0.25, 0.3) is 22.4 Å². The zero-order valence-corrected chi connectivity index (χ0v) is 11.8. The maximum absolute atomic E-state index is 4.48. The fourth-order valence-corrected chi connectivity index (χ4v) is 2.24. The van der Waals surface area contributed by atoms with Crippen LogP contribution in [0.4, 0.5) is 0 Å². The van der Waals surface area contributed by atoms with Crippen LogP contribution < -0.4 is 0 Å². The van der Waals surface area contributed by atoms with Gasteiger partial charge in [0, 0.05) is 11.8 Å². The Morgan fingerprint density at radius 3 is 1.75 bits per heavy atom. The Balaban J connectivity index is 2.01. The Bertz CT molecular complexity index is 649. The minimum atomic E-state index is 1.02. The zero-order chi connectivity index (χ0) is 13.9. The molecule has 0 aliphatic carbocycles. The largest absolute Gasteiger partial charge is 0.256 e. The summed E-state index contributed by atoms with van der Waals surface area (Å²) in [6, 6.07) is 21.3. The average molecular weight is 259 g/mol. The molecule has 0 aliphatic rings. The van der Waals surface area contributed by atoms with Gasteiger partial charge in [0.2, 0.25) is 0 Å². The molecular weight excluding hydrogens is 242 g/mol. The van der Waals surface area contributed by atoms with Crippen molar-refractivity contribution in [2.45, 2.75) is 13.8 Å². The average Bonchev–Trinajstić information content (AvgIpc) is 2.49. The predicted molar refractivity (Wildman–Crippen MR) is 84.6 cm³/mol. The molecule has 0 bridgehead atoms. The highest BCUT2D eigenvalue weighted by Gasteiger charge is 2.02. The molecule has 0 saturated carbocycles. The first-order chi connectivity index (χ1) is 9.72. The molecule has 0 unspecified atom stereocenters. The summed E-state index contributed by atoms with van der Waals surface area (Å²) in [5.41, 5.74) is 7.15. The number of hydrogen-bond acceptors (Lipinski definition) is 1. The number of pyridine rings is 1. The van der Waals surface area contributed by atoms with Gasteiger partial charge in [0.1, 0.15) is 0 Å². The minimum absolute atomic E-state index is 1.02. The lowest BCUT2D eigenvalue weighted by atomic mass is 10.0. The molecule has 0 aliphatic heterocycles. The van der Waals surface area contributed by atoms with Gasteiger partial charge in [-0.3, -0.25) is 4.98 Å². The second kappa shape index (κ2) is 5.30. The van der Waals surface area contributed by atoms with Crippen molar-refractivity contribution in [2.75, 3.05) is 0 Å². The van der Waals surface area contributed by atoms with E-state index in [-0.39, 0.29) is 0 Å². The van der Waals surface area contributed by atoms with E-state index in [0.717, 1.165) is 11.3 Å². The third kappa shape index (κ3) is 2.62. The molecule has 3 rings (SSSR count). The SMILES string of the molecule is Cc1ccc(-c2ccnc(-c3ccc(C)cc3)c2)cc1. The van der Waals surface area contributed by atoms with E-state index in [1.165, 1.54) is 22.3 Å². The molecular formula is C19H17N. The lowest BCUT2D eigenvalue weighted by Gasteiger charge is -2.06. The van der Waals surface area contributed by atoms with Gasteiger partial charge in [0.25, 0.3) is 0 Å².